The number of carbonyl (C=O) groups is 2. The Labute approximate surface area is 146 Å². The van der Waals surface area contributed by atoms with Crippen LogP contribution in [0.2, 0.25) is 0 Å². The first-order valence-electron chi connectivity index (χ1n) is 8.07. The molecule has 6 heteroatoms. The van der Waals surface area contributed by atoms with Crippen LogP contribution in [0.4, 0.5) is 10.1 Å². The molecule has 25 heavy (non-hydrogen) atoms. The molecule has 0 bridgehead atoms. The average molecular weight is 336 g/mol. The minimum absolute atomic E-state index is 0.150. The van der Waals surface area contributed by atoms with Gasteiger partial charge >= 0.3 is 0 Å². The van der Waals surface area contributed by atoms with Gasteiger partial charge in [-0.05, 0) is 36.2 Å². The van der Waals surface area contributed by atoms with Crippen LogP contribution in [0.3, 0.4) is 0 Å². The Hall–Kier alpha value is -2.89. The SMILES string of the molecule is Bc1ccc(C)cc1NC(=O)C1=CNC(=O)CC1c1ccc(F)cc1. The number of rotatable bonds is 3. The van der Waals surface area contributed by atoms with Gasteiger partial charge in [0.05, 0.1) is 0 Å². The zero-order chi connectivity index (χ0) is 18.0. The van der Waals surface area contributed by atoms with Gasteiger partial charge in [-0.25, -0.2) is 4.39 Å². The van der Waals surface area contributed by atoms with Crippen molar-refractivity contribution in [3.05, 3.63) is 71.2 Å². The van der Waals surface area contributed by atoms with E-state index in [4.69, 9.17) is 0 Å². The fraction of sp³-hybridized carbons (Fsp3) is 0.158. The smallest absolute Gasteiger partial charge is 0.253 e. The van der Waals surface area contributed by atoms with Gasteiger partial charge in [0, 0.05) is 29.8 Å². The minimum Gasteiger partial charge on any atom is -0.332 e. The van der Waals surface area contributed by atoms with Crippen molar-refractivity contribution in [1.82, 2.24) is 5.32 Å². The van der Waals surface area contributed by atoms with Crippen molar-refractivity contribution >= 4 is 30.8 Å². The summed E-state index contributed by atoms with van der Waals surface area (Å²) in [6, 6.07) is 11.7. The first-order valence-corrected chi connectivity index (χ1v) is 8.07. The third-order valence-electron chi connectivity index (χ3n) is 4.33. The first-order chi connectivity index (χ1) is 11.9. The lowest BCUT2D eigenvalue weighted by Gasteiger charge is -2.24. The van der Waals surface area contributed by atoms with Crippen molar-refractivity contribution in [3.8, 4) is 0 Å². The summed E-state index contributed by atoms with van der Waals surface area (Å²) in [6.45, 7) is 1.95. The van der Waals surface area contributed by atoms with E-state index < -0.39 is 5.92 Å². The summed E-state index contributed by atoms with van der Waals surface area (Å²) in [6.07, 6.45) is 1.60. The highest BCUT2D eigenvalue weighted by atomic mass is 19.1. The molecule has 0 aliphatic carbocycles. The van der Waals surface area contributed by atoms with Crippen molar-refractivity contribution in [2.24, 2.45) is 0 Å². The lowest BCUT2D eigenvalue weighted by Crippen LogP contribution is -2.32. The van der Waals surface area contributed by atoms with Gasteiger partial charge in [0.1, 0.15) is 13.7 Å². The monoisotopic (exact) mass is 336 g/mol. The summed E-state index contributed by atoms with van der Waals surface area (Å²) in [5.41, 5.74) is 3.92. The van der Waals surface area contributed by atoms with Crippen LogP contribution in [0, 0.1) is 12.7 Å². The maximum atomic E-state index is 13.2. The lowest BCUT2D eigenvalue weighted by atomic mass is 9.85. The van der Waals surface area contributed by atoms with E-state index in [1.54, 1.807) is 12.1 Å². The predicted molar refractivity (Wildman–Crippen MR) is 98.0 cm³/mol. The number of hydrogen-bond donors (Lipinski definition) is 2. The van der Waals surface area contributed by atoms with Crippen molar-refractivity contribution in [3.63, 3.8) is 0 Å². The van der Waals surface area contributed by atoms with E-state index in [2.05, 4.69) is 10.6 Å². The molecule has 1 heterocycles. The molecule has 0 radical (unpaired) electrons. The third-order valence-corrected chi connectivity index (χ3v) is 4.33. The van der Waals surface area contributed by atoms with Gasteiger partial charge in [-0.15, -0.1) is 0 Å². The summed E-state index contributed by atoms with van der Waals surface area (Å²) in [4.78, 5) is 24.6. The molecule has 2 N–H and O–H groups in total. The minimum atomic E-state index is -0.403. The number of anilines is 1. The molecule has 3 rings (SSSR count). The van der Waals surface area contributed by atoms with E-state index >= 15 is 0 Å². The molecule has 0 fully saturated rings. The Balaban J connectivity index is 1.89. The molecule has 0 saturated heterocycles. The van der Waals surface area contributed by atoms with Crippen molar-refractivity contribution in [2.45, 2.75) is 19.3 Å². The predicted octanol–water partition coefficient (Wildman–Crippen LogP) is 1.52. The summed E-state index contributed by atoms with van der Waals surface area (Å²) in [5.74, 6) is -1.20. The quantitative estimate of drug-likeness (QED) is 0.835. The largest absolute Gasteiger partial charge is 0.332 e. The van der Waals surface area contributed by atoms with Crippen LogP contribution in [0.25, 0.3) is 0 Å². The molecule has 2 aromatic carbocycles. The van der Waals surface area contributed by atoms with Crippen LogP contribution in [0.15, 0.2) is 54.2 Å². The summed E-state index contributed by atoms with van der Waals surface area (Å²) < 4.78 is 13.2. The standard InChI is InChI=1S/C19H18BFN2O2/c1-11-2-7-16(20)17(8-11)23-19(25)15-10-22-18(24)9-14(15)12-3-5-13(21)6-4-12/h2-8,10,14H,9,20H2,1H3,(H,22,24)(H,23,25). The van der Waals surface area contributed by atoms with Gasteiger partial charge in [0.25, 0.3) is 5.91 Å². The number of aryl methyl sites for hydroxylation is 1. The van der Waals surface area contributed by atoms with Crippen LogP contribution < -0.4 is 16.1 Å². The topological polar surface area (TPSA) is 58.2 Å². The highest BCUT2D eigenvalue weighted by Gasteiger charge is 2.29. The van der Waals surface area contributed by atoms with E-state index in [9.17, 15) is 14.0 Å². The number of benzene rings is 2. The number of nitrogens with one attached hydrogen (secondary N) is 2. The van der Waals surface area contributed by atoms with E-state index in [0.717, 1.165) is 22.3 Å². The average Bonchev–Trinajstić information content (AvgIpc) is 2.58. The number of amides is 2. The normalized spacial score (nSPS) is 16.8. The van der Waals surface area contributed by atoms with Gasteiger partial charge < -0.3 is 10.6 Å². The Bertz CT molecular complexity index is 862. The first kappa shape index (κ1) is 17.0. The summed E-state index contributed by atoms with van der Waals surface area (Å²) >= 11 is 0. The fourth-order valence-electron chi connectivity index (χ4n) is 2.89. The Morgan fingerprint density at radius 1 is 1.24 bits per heavy atom. The van der Waals surface area contributed by atoms with Crippen LogP contribution in [-0.4, -0.2) is 19.7 Å². The molecular weight excluding hydrogens is 318 g/mol. The maximum absolute atomic E-state index is 13.2. The fourth-order valence-corrected chi connectivity index (χ4v) is 2.89. The molecule has 4 nitrogen and oxygen atoms in total. The highest BCUT2D eigenvalue weighted by molar-refractivity contribution is 6.36. The molecule has 126 valence electrons. The molecule has 1 unspecified atom stereocenters. The molecule has 1 atom stereocenters. The zero-order valence-electron chi connectivity index (χ0n) is 14.1. The number of hydrogen-bond acceptors (Lipinski definition) is 2. The van der Waals surface area contributed by atoms with Gasteiger partial charge in [-0.1, -0.05) is 29.7 Å². The van der Waals surface area contributed by atoms with Crippen LogP contribution >= 0.6 is 0 Å². The molecule has 1 aliphatic rings. The van der Waals surface area contributed by atoms with Crippen molar-refractivity contribution in [1.29, 1.82) is 0 Å². The van der Waals surface area contributed by atoms with Gasteiger partial charge in [0.2, 0.25) is 5.91 Å². The Kier molecular flexibility index (Phi) is 4.70. The Morgan fingerprint density at radius 2 is 1.96 bits per heavy atom. The second-order valence-electron chi connectivity index (χ2n) is 6.25. The van der Waals surface area contributed by atoms with E-state index in [1.807, 2.05) is 33.0 Å². The number of halogens is 1. The highest BCUT2D eigenvalue weighted by Crippen LogP contribution is 2.31. The molecular formula is C19H18BFN2O2. The van der Waals surface area contributed by atoms with Crippen molar-refractivity contribution in [2.75, 3.05) is 5.32 Å². The summed E-state index contributed by atoms with van der Waals surface area (Å²) in [5, 5.41) is 5.51. The van der Waals surface area contributed by atoms with Crippen LogP contribution in [0.5, 0.6) is 0 Å². The molecule has 0 aromatic heterocycles. The second-order valence-corrected chi connectivity index (χ2v) is 6.25. The zero-order valence-corrected chi connectivity index (χ0v) is 14.1. The maximum Gasteiger partial charge on any atom is 0.253 e. The van der Waals surface area contributed by atoms with Gasteiger partial charge in [-0.3, -0.25) is 9.59 Å². The van der Waals surface area contributed by atoms with Gasteiger partial charge in [0.15, 0.2) is 0 Å². The second kappa shape index (κ2) is 6.93. The lowest BCUT2D eigenvalue weighted by molar-refractivity contribution is -0.121. The van der Waals surface area contributed by atoms with Crippen LogP contribution in [-0.2, 0) is 9.59 Å². The van der Waals surface area contributed by atoms with Crippen molar-refractivity contribution < 1.29 is 14.0 Å². The van der Waals surface area contributed by atoms with Crippen LogP contribution in [0.1, 0.15) is 23.5 Å². The third kappa shape index (κ3) is 3.79. The Morgan fingerprint density at radius 3 is 2.68 bits per heavy atom. The van der Waals surface area contributed by atoms with E-state index in [1.165, 1.54) is 18.3 Å². The van der Waals surface area contributed by atoms with E-state index in [-0.39, 0.29) is 24.1 Å². The molecule has 0 saturated carbocycles. The molecule has 1 aliphatic heterocycles. The summed E-state index contributed by atoms with van der Waals surface area (Å²) in [7, 11) is 1.92. The molecule has 2 aromatic rings. The van der Waals surface area contributed by atoms with Gasteiger partial charge in [-0.2, -0.15) is 0 Å². The molecule has 2 amide bonds. The molecule has 0 spiro atoms. The van der Waals surface area contributed by atoms with E-state index in [0.29, 0.717) is 5.57 Å². The number of carbonyl (C=O) groups excluding carboxylic acids is 2.